The van der Waals surface area contributed by atoms with Crippen LogP contribution in [0.2, 0.25) is 0 Å². The molecule has 0 spiro atoms. The van der Waals surface area contributed by atoms with E-state index in [1.807, 2.05) is 61.1 Å². The van der Waals surface area contributed by atoms with Crippen molar-refractivity contribution < 1.29 is 0 Å². The van der Waals surface area contributed by atoms with E-state index in [0.717, 1.165) is 11.4 Å². The monoisotopic (exact) mass is 309 g/mol. The number of hydrogen-bond acceptors (Lipinski definition) is 2. The molecule has 0 fully saturated rings. The first-order valence-electron chi connectivity index (χ1n) is 5.69. The highest BCUT2D eigenvalue weighted by Crippen LogP contribution is 2.16. The lowest BCUT2D eigenvalue weighted by Gasteiger charge is -2.13. The van der Waals surface area contributed by atoms with Gasteiger partial charge in [-0.05, 0) is 42.2 Å². The Hall–Kier alpha value is -1.33. The van der Waals surface area contributed by atoms with Crippen molar-refractivity contribution in [2.24, 2.45) is 7.05 Å². The molecule has 0 saturated heterocycles. The molecule has 0 aliphatic carbocycles. The summed E-state index contributed by atoms with van der Waals surface area (Å²) in [5.74, 6) is 0. The second kappa shape index (κ2) is 5.12. The van der Waals surface area contributed by atoms with E-state index >= 15 is 0 Å². The topological polar surface area (TPSA) is 30.2 Å². The van der Waals surface area contributed by atoms with E-state index in [1.165, 1.54) is 0 Å². The molecule has 2 rings (SSSR count). The molecule has 2 aromatic rings. The maximum Gasteiger partial charge on any atom is 0.286 e. The van der Waals surface area contributed by atoms with Crippen molar-refractivity contribution >= 4 is 15.9 Å². The Morgan fingerprint density at radius 3 is 2.39 bits per heavy atom. The van der Waals surface area contributed by atoms with Crippen molar-refractivity contribution in [1.82, 2.24) is 14.3 Å². The summed E-state index contributed by atoms with van der Waals surface area (Å²) < 4.78 is 4.19. The van der Waals surface area contributed by atoms with Crippen molar-refractivity contribution in [3.63, 3.8) is 0 Å². The number of para-hydroxylation sites is 1. The standard InChI is InChI=1S/C13H16BrN3O/c1-15(2)9-11-12(14)13(18)17(16(11)3)10-7-5-4-6-8-10/h4-8H,9H2,1-3H3. The summed E-state index contributed by atoms with van der Waals surface area (Å²) in [6.07, 6.45) is 0. The molecule has 5 heteroatoms. The lowest BCUT2D eigenvalue weighted by molar-refractivity contribution is 0.383. The third-order valence-electron chi connectivity index (χ3n) is 2.79. The summed E-state index contributed by atoms with van der Waals surface area (Å²) in [5.41, 5.74) is 1.81. The first-order chi connectivity index (χ1) is 8.52. The Morgan fingerprint density at radius 1 is 1.22 bits per heavy atom. The van der Waals surface area contributed by atoms with Crippen LogP contribution in [0.15, 0.2) is 39.6 Å². The molecule has 0 saturated carbocycles. The van der Waals surface area contributed by atoms with Crippen LogP contribution in [0.1, 0.15) is 5.69 Å². The highest BCUT2D eigenvalue weighted by atomic mass is 79.9. The molecule has 0 aliphatic heterocycles. The lowest BCUT2D eigenvalue weighted by Crippen LogP contribution is -2.20. The number of benzene rings is 1. The average Bonchev–Trinajstić information content (AvgIpc) is 2.54. The zero-order chi connectivity index (χ0) is 13.3. The van der Waals surface area contributed by atoms with E-state index in [2.05, 4.69) is 15.9 Å². The quantitative estimate of drug-likeness (QED) is 0.868. The lowest BCUT2D eigenvalue weighted by atomic mass is 10.3. The largest absolute Gasteiger partial charge is 0.304 e. The van der Waals surface area contributed by atoms with Crippen LogP contribution >= 0.6 is 15.9 Å². The van der Waals surface area contributed by atoms with Gasteiger partial charge < -0.3 is 4.90 Å². The predicted molar refractivity (Wildman–Crippen MR) is 76.1 cm³/mol. The van der Waals surface area contributed by atoms with E-state index in [1.54, 1.807) is 4.68 Å². The highest BCUT2D eigenvalue weighted by Gasteiger charge is 2.16. The molecule has 1 aromatic carbocycles. The molecular formula is C13H16BrN3O. The molecule has 0 radical (unpaired) electrons. The van der Waals surface area contributed by atoms with E-state index in [4.69, 9.17) is 0 Å². The maximum atomic E-state index is 12.3. The predicted octanol–water partition coefficient (Wildman–Crippen LogP) is 2.00. The van der Waals surface area contributed by atoms with Crippen molar-refractivity contribution in [1.29, 1.82) is 0 Å². The van der Waals surface area contributed by atoms with Gasteiger partial charge in [0, 0.05) is 13.6 Å². The van der Waals surface area contributed by atoms with Crippen LogP contribution in [0.4, 0.5) is 0 Å². The van der Waals surface area contributed by atoms with Gasteiger partial charge in [0.2, 0.25) is 0 Å². The van der Waals surface area contributed by atoms with Gasteiger partial charge in [-0.3, -0.25) is 9.48 Å². The maximum absolute atomic E-state index is 12.3. The third-order valence-corrected chi connectivity index (χ3v) is 3.59. The number of nitrogens with zero attached hydrogens (tertiary/aromatic N) is 3. The Bertz CT molecular complexity index is 599. The number of halogens is 1. The Kier molecular flexibility index (Phi) is 3.73. The van der Waals surface area contributed by atoms with Crippen LogP contribution in [-0.4, -0.2) is 28.4 Å². The highest BCUT2D eigenvalue weighted by molar-refractivity contribution is 9.10. The van der Waals surface area contributed by atoms with Gasteiger partial charge in [0.1, 0.15) is 4.47 Å². The van der Waals surface area contributed by atoms with Gasteiger partial charge >= 0.3 is 0 Å². The molecule has 18 heavy (non-hydrogen) atoms. The van der Waals surface area contributed by atoms with Gasteiger partial charge in [-0.2, -0.15) is 0 Å². The fourth-order valence-corrected chi connectivity index (χ4v) is 2.50. The van der Waals surface area contributed by atoms with Gasteiger partial charge in [0.15, 0.2) is 0 Å². The van der Waals surface area contributed by atoms with Crippen LogP contribution in [0.25, 0.3) is 5.69 Å². The molecule has 96 valence electrons. The Labute approximate surface area is 115 Å². The van der Waals surface area contributed by atoms with Crippen molar-refractivity contribution in [2.75, 3.05) is 14.1 Å². The van der Waals surface area contributed by atoms with Crippen molar-refractivity contribution in [3.8, 4) is 5.69 Å². The average molecular weight is 310 g/mol. The van der Waals surface area contributed by atoms with Crippen LogP contribution in [-0.2, 0) is 13.6 Å². The van der Waals surface area contributed by atoms with E-state index < -0.39 is 0 Å². The van der Waals surface area contributed by atoms with Gasteiger partial charge in [-0.25, -0.2) is 4.68 Å². The third kappa shape index (κ3) is 2.28. The zero-order valence-corrected chi connectivity index (χ0v) is 12.3. The fraction of sp³-hybridized carbons (Fsp3) is 0.308. The molecule has 0 N–H and O–H groups in total. The summed E-state index contributed by atoms with van der Waals surface area (Å²) >= 11 is 3.40. The normalized spacial score (nSPS) is 11.2. The van der Waals surface area contributed by atoms with Gasteiger partial charge in [-0.1, -0.05) is 18.2 Å². The molecule has 0 atom stereocenters. The minimum Gasteiger partial charge on any atom is -0.304 e. The first-order valence-corrected chi connectivity index (χ1v) is 6.48. The molecule has 0 bridgehead atoms. The van der Waals surface area contributed by atoms with Gasteiger partial charge in [0.05, 0.1) is 11.4 Å². The molecular weight excluding hydrogens is 294 g/mol. The van der Waals surface area contributed by atoms with Crippen LogP contribution in [0, 0.1) is 0 Å². The molecule has 0 aliphatic rings. The zero-order valence-electron chi connectivity index (χ0n) is 10.7. The number of hydrogen-bond donors (Lipinski definition) is 0. The van der Waals surface area contributed by atoms with Gasteiger partial charge in [0.25, 0.3) is 5.56 Å². The van der Waals surface area contributed by atoms with Crippen molar-refractivity contribution in [2.45, 2.75) is 6.54 Å². The molecule has 1 heterocycles. The Balaban J connectivity index is 2.60. The SMILES string of the molecule is CN(C)Cc1c(Br)c(=O)n(-c2ccccc2)n1C. The van der Waals surface area contributed by atoms with Gasteiger partial charge in [-0.15, -0.1) is 0 Å². The minimum atomic E-state index is -0.0273. The summed E-state index contributed by atoms with van der Waals surface area (Å²) in [5, 5.41) is 0. The Morgan fingerprint density at radius 2 is 1.83 bits per heavy atom. The smallest absolute Gasteiger partial charge is 0.286 e. The second-order valence-corrected chi connectivity index (χ2v) is 5.27. The number of aromatic nitrogens is 2. The van der Waals surface area contributed by atoms with E-state index in [9.17, 15) is 4.79 Å². The summed E-state index contributed by atoms with van der Waals surface area (Å²) in [4.78, 5) is 14.3. The summed E-state index contributed by atoms with van der Waals surface area (Å²) in [7, 11) is 5.87. The first kappa shape index (κ1) is 13.1. The van der Waals surface area contributed by atoms with Crippen LogP contribution in [0.5, 0.6) is 0 Å². The van der Waals surface area contributed by atoms with Crippen LogP contribution in [0.3, 0.4) is 0 Å². The van der Waals surface area contributed by atoms with E-state index in [-0.39, 0.29) is 5.56 Å². The molecule has 0 amide bonds. The minimum absolute atomic E-state index is 0.0273. The van der Waals surface area contributed by atoms with E-state index in [0.29, 0.717) is 11.0 Å². The van der Waals surface area contributed by atoms with Crippen LogP contribution < -0.4 is 5.56 Å². The number of rotatable bonds is 3. The molecule has 4 nitrogen and oxygen atoms in total. The summed E-state index contributed by atoms with van der Waals surface area (Å²) in [6, 6.07) is 9.64. The van der Waals surface area contributed by atoms with Crippen molar-refractivity contribution in [3.05, 3.63) is 50.9 Å². The summed E-state index contributed by atoms with van der Waals surface area (Å²) in [6.45, 7) is 0.714. The molecule has 0 unspecified atom stereocenters. The molecule has 1 aromatic heterocycles. The fourth-order valence-electron chi connectivity index (χ4n) is 1.95. The second-order valence-electron chi connectivity index (χ2n) is 4.47.